The molecule has 0 bridgehead atoms. The summed E-state index contributed by atoms with van der Waals surface area (Å²) in [6.45, 7) is 4.02. The average molecular weight is 235 g/mol. The summed E-state index contributed by atoms with van der Waals surface area (Å²) in [5.74, 6) is -0.378. The van der Waals surface area contributed by atoms with Gasteiger partial charge in [0.25, 0.3) is 0 Å². The molecule has 0 saturated heterocycles. The van der Waals surface area contributed by atoms with Gasteiger partial charge in [-0.25, -0.2) is 4.79 Å². The number of benzene rings is 1. The highest BCUT2D eigenvalue weighted by Gasteiger charge is 2.12. The topological polar surface area (TPSA) is 50.1 Å². The molecule has 0 N–H and O–H groups in total. The van der Waals surface area contributed by atoms with Gasteiger partial charge in [0, 0.05) is 4.90 Å². The van der Waals surface area contributed by atoms with E-state index in [2.05, 4.69) is 18.7 Å². The van der Waals surface area contributed by atoms with Crippen LogP contribution in [0.2, 0.25) is 0 Å². The van der Waals surface area contributed by atoms with Crippen molar-refractivity contribution in [3.8, 4) is 6.07 Å². The number of hydrogen-bond donors (Lipinski definition) is 1. The van der Waals surface area contributed by atoms with Gasteiger partial charge in [-0.05, 0) is 31.0 Å². The van der Waals surface area contributed by atoms with Crippen molar-refractivity contribution >= 4 is 18.6 Å². The van der Waals surface area contributed by atoms with E-state index >= 15 is 0 Å². The van der Waals surface area contributed by atoms with Crippen LogP contribution in [0.15, 0.2) is 17.0 Å². The van der Waals surface area contributed by atoms with E-state index in [1.165, 1.54) is 0 Å². The summed E-state index contributed by atoms with van der Waals surface area (Å²) in [5.41, 5.74) is 1.79. The molecule has 0 unspecified atom stereocenters. The SMILES string of the molecule is CCOC(=O)c1cc(S)c(C#N)c(CC)c1. The number of nitrogens with zero attached hydrogens (tertiary/aromatic N) is 1. The quantitative estimate of drug-likeness (QED) is 0.647. The summed E-state index contributed by atoms with van der Waals surface area (Å²) in [5, 5.41) is 8.95. The average Bonchev–Trinajstić information content (AvgIpc) is 2.28. The van der Waals surface area contributed by atoms with Crippen LogP contribution in [0, 0.1) is 11.3 Å². The van der Waals surface area contributed by atoms with Crippen molar-refractivity contribution in [1.82, 2.24) is 0 Å². The van der Waals surface area contributed by atoms with Crippen LogP contribution in [0.5, 0.6) is 0 Å². The molecule has 1 rings (SSSR count). The van der Waals surface area contributed by atoms with E-state index in [1.54, 1.807) is 19.1 Å². The molecule has 0 spiro atoms. The monoisotopic (exact) mass is 235 g/mol. The molecular weight excluding hydrogens is 222 g/mol. The maximum Gasteiger partial charge on any atom is 0.338 e. The standard InChI is InChI=1S/C12H13NO2S/c1-3-8-5-9(12(14)15-4-2)6-11(16)10(8)7-13/h5-6,16H,3-4H2,1-2H3. The Balaban J connectivity index is 3.21. The predicted octanol–water partition coefficient (Wildman–Crippen LogP) is 2.59. The zero-order valence-electron chi connectivity index (χ0n) is 9.28. The van der Waals surface area contributed by atoms with Crippen LogP contribution < -0.4 is 0 Å². The molecule has 0 aliphatic rings. The van der Waals surface area contributed by atoms with E-state index in [1.807, 2.05) is 6.92 Å². The van der Waals surface area contributed by atoms with Crippen molar-refractivity contribution in [3.05, 3.63) is 28.8 Å². The molecule has 0 fully saturated rings. The molecule has 0 amide bonds. The van der Waals surface area contributed by atoms with Crippen molar-refractivity contribution in [2.24, 2.45) is 0 Å². The fourth-order valence-electron chi connectivity index (χ4n) is 1.43. The highest BCUT2D eigenvalue weighted by molar-refractivity contribution is 7.80. The second kappa shape index (κ2) is 5.57. The fourth-order valence-corrected chi connectivity index (χ4v) is 1.76. The fraction of sp³-hybridized carbons (Fsp3) is 0.333. The van der Waals surface area contributed by atoms with Crippen LogP contribution in [0.3, 0.4) is 0 Å². The Hall–Kier alpha value is -1.47. The van der Waals surface area contributed by atoms with E-state index in [0.717, 1.165) is 5.56 Å². The summed E-state index contributed by atoms with van der Waals surface area (Å²) in [6.07, 6.45) is 0.684. The summed E-state index contributed by atoms with van der Waals surface area (Å²) >= 11 is 4.20. The molecule has 0 atom stereocenters. The number of rotatable bonds is 3. The van der Waals surface area contributed by atoms with Crippen molar-refractivity contribution in [3.63, 3.8) is 0 Å². The molecule has 84 valence electrons. The van der Waals surface area contributed by atoms with Crippen molar-refractivity contribution in [1.29, 1.82) is 5.26 Å². The number of thiol groups is 1. The van der Waals surface area contributed by atoms with Crippen molar-refractivity contribution in [2.75, 3.05) is 6.61 Å². The molecule has 0 radical (unpaired) electrons. The first-order valence-electron chi connectivity index (χ1n) is 5.07. The minimum absolute atomic E-state index is 0.336. The van der Waals surface area contributed by atoms with Gasteiger partial charge in [0.1, 0.15) is 6.07 Å². The van der Waals surface area contributed by atoms with Crippen LogP contribution >= 0.6 is 12.6 Å². The zero-order chi connectivity index (χ0) is 12.1. The number of ether oxygens (including phenoxy) is 1. The first kappa shape index (κ1) is 12.6. The third-order valence-corrected chi connectivity index (χ3v) is 2.56. The third kappa shape index (κ3) is 2.56. The predicted molar refractivity (Wildman–Crippen MR) is 63.7 cm³/mol. The second-order valence-corrected chi connectivity index (χ2v) is 3.70. The van der Waals surface area contributed by atoms with Crippen LogP contribution in [-0.4, -0.2) is 12.6 Å². The Kier molecular flexibility index (Phi) is 4.39. The Labute approximate surface area is 100 Å². The van der Waals surface area contributed by atoms with Crippen LogP contribution in [0.25, 0.3) is 0 Å². The number of esters is 1. The maximum absolute atomic E-state index is 11.5. The van der Waals surface area contributed by atoms with Gasteiger partial charge in [0.05, 0.1) is 17.7 Å². The molecule has 4 heteroatoms. The molecule has 0 heterocycles. The van der Waals surface area contributed by atoms with Crippen LogP contribution in [0.4, 0.5) is 0 Å². The van der Waals surface area contributed by atoms with E-state index in [-0.39, 0.29) is 5.97 Å². The second-order valence-electron chi connectivity index (χ2n) is 3.22. The molecule has 0 aliphatic carbocycles. The van der Waals surface area contributed by atoms with E-state index < -0.39 is 0 Å². The Bertz CT molecular complexity index is 449. The molecule has 1 aromatic rings. The molecular formula is C12H13NO2S. The number of carbonyl (C=O) groups is 1. The van der Waals surface area contributed by atoms with E-state index in [9.17, 15) is 4.79 Å². The summed E-state index contributed by atoms with van der Waals surface area (Å²) in [6, 6.07) is 5.34. The normalized spacial score (nSPS) is 9.62. The maximum atomic E-state index is 11.5. The largest absolute Gasteiger partial charge is 0.462 e. The number of carbonyl (C=O) groups excluding carboxylic acids is 1. The lowest BCUT2D eigenvalue weighted by Crippen LogP contribution is -2.06. The summed E-state index contributed by atoms with van der Waals surface area (Å²) < 4.78 is 4.90. The van der Waals surface area contributed by atoms with Crippen LogP contribution in [0.1, 0.15) is 35.3 Å². The number of hydrogen-bond acceptors (Lipinski definition) is 4. The highest BCUT2D eigenvalue weighted by atomic mass is 32.1. The van der Waals surface area contributed by atoms with Gasteiger partial charge in [-0.2, -0.15) is 5.26 Å². The van der Waals surface area contributed by atoms with Crippen molar-refractivity contribution in [2.45, 2.75) is 25.2 Å². The third-order valence-electron chi connectivity index (χ3n) is 2.20. The van der Waals surface area contributed by atoms with Gasteiger partial charge in [0.2, 0.25) is 0 Å². The zero-order valence-corrected chi connectivity index (χ0v) is 10.2. The lowest BCUT2D eigenvalue weighted by atomic mass is 10.0. The van der Waals surface area contributed by atoms with Crippen molar-refractivity contribution < 1.29 is 9.53 Å². The smallest absolute Gasteiger partial charge is 0.338 e. The summed E-state index contributed by atoms with van der Waals surface area (Å²) in [4.78, 5) is 12.0. The van der Waals surface area contributed by atoms with Gasteiger partial charge in [-0.3, -0.25) is 0 Å². The van der Waals surface area contributed by atoms with Gasteiger partial charge < -0.3 is 4.74 Å². The van der Waals surface area contributed by atoms with Gasteiger partial charge in [-0.15, -0.1) is 12.6 Å². The van der Waals surface area contributed by atoms with E-state index in [0.29, 0.717) is 29.1 Å². The van der Waals surface area contributed by atoms with Gasteiger partial charge >= 0.3 is 5.97 Å². The first-order valence-corrected chi connectivity index (χ1v) is 5.51. The molecule has 16 heavy (non-hydrogen) atoms. The van der Waals surface area contributed by atoms with Gasteiger partial charge in [0.15, 0.2) is 0 Å². The number of aryl methyl sites for hydroxylation is 1. The van der Waals surface area contributed by atoms with Gasteiger partial charge in [-0.1, -0.05) is 6.92 Å². The molecule has 1 aromatic carbocycles. The lowest BCUT2D eigenvalue weighted by Gasteiger charge is -2.07. The van der Waals surface area contributed by atoms with E-state index in [4.69, 9.17) is 10.00 Å². The Morgan fingerprint density at radius 2 is 2.19 bits per heavy atom. The summed E-state index contributed by atoms with van der Waals surface area (Å²) in [7, 11) is 0. The number of nitriles is 1. The molecule has 0 aromatic heterocycles. The lowest BCUT2D eigenvalue weighted by molar-refractivity contribution is 0.0526. The highest BCUT2D eigenvalue weighted by Crippen LogP contribution is 2.21. The minimum atomic E-state index is -0.378. The minimum Gasteiger partial charge on any atom is -0.462 e. The molecule has 3 nitrogen and oxygen atoms in total. The first-order chi connectivity index (χ1) is 7.63. The van der Waals surface area contributed by atoms with Crippen LogP contribution in [-0.2, 0) is 11.2 Å². The molecule has 0 saturated carbocycles. The Morgan fingerprint density at radius 3 is 2.69 bits per heavy atom. The Morgan fingerprint density at radius 1 is 1.50 bits per heavy atom. The molecule has 0 aliphatic heterocycles.